The second-order valence-corrected chi connectivity index (χ2v) is 12.4. The third-order valence-electron chi connectivity index (χ3n) is 9.47. The number of aromatic nitrogens is 4. The molecule has 5 nitrogen and oxygen atoms in total. The van der Waals surface area contributed by atoms with Gasteiger partial charge in [-0.1, -0.05) is 127 Å². The van der Waals surface area contributed by atoms with Crippen LogP contribution in [-0.2, 0) is 0 Å². The molecule has 0 aliphatic rings. The van der Waals surface area contributed by atoms with Gasteiger partial charge < -0.3 is 8.98 Å². The van der Waals surface area contributed by atoms with Gasteiger partial charge in [-0.2, -0.15) is 0 Å². The van der Waals surface area contributed by atoms with E-state index >= 15 is 0 Å². The first-order valence-electron chi connectivity index (χ1n) is 16.7. The topological polar surface area (TPSA) is 56.7 Å². The van der Waals surface area contributed by atoms with Crippen LogP contribution in [0.25, 0.3) is 94.7 Å². The number of nitrogens with zero attached hydrogens (tertiary/aromatic N) is 4. The van der Waals surface area contributed by atoms with E-state index < -0.39 is 0 Å². The highest BCUT2D eigenvalue weighted by molar-refractivity contribution is 6.10. The molecule has 0 saturated carbocycles. The van der Waals surface area contributed by atoms with Crippen molar-refractivity contribution in [2.45, 2.75) is 0 Å². The van der Waals surface area contributed by atoms with Crippen LogP contribution in [0.4, 0.5) is 0 Å². The fourth-order valence-corrected chi connectivity index (χ4v) is 7.10. The summed E-state index contributed by atoms with van der Waals surface area (Å²) in [6.45, 7) is 0. The number of hydrogen-bond donors (Lipinski definition) is 0. The molecule has 3 heterocycles. The van der Waals surface area contributed by atoms with Gasteiger partial charge in [-0.3, -0.25) is 0 Å². The van der Waals surface area contributed by atoms with Crippen LogP contribution in [0.1, 0.15) is 0 Å². The van der Waals surface area contributed by atoms with Crippen molar-refractivity contribution in [2.75, 3.05) is 0 Å². The minimum absolute atomic E-state index is 0.580. The van der Waals surface area contributed by atoms with Crippen LogP contribution < -0.4 is 0 Å². The molecule has 0 bridgehead atoms. The van der Waals surface area contributed by atoms with Crippen molar-refractivity contribution >= 4 is 43.7 Å². The van der Waals surface area contributed by atoms with Crippen molar-refractivity contribution in [2.24, 2.45) is 0 Å². The van der Waals surface area contributed by atoms with Gasteiger partial charge in [-0.15, -0.1) is 0 Å². The van der Waals surface area contributed by atoms with Gasteiger partial charge in [0.05, 0.1) is 16.7 Å². The molecule has 0 aliphatic heterocycles. The highest BCUT2D eigenvalue weighted by Crippen LogP contribution is 2.39. The minimum atomic E-state index is 0.580. The second kappa shape index (κ2) is 11.4. The molecule has 0 radical (unpaired) electrons. The predicted molar refractivity (Wildman–Crippen MR) is 203 cm³/mol. The number of rotatable bonds is 5. The molecule has 10 aromatic rings. The molecular formula is C45H28N4O. The van der Waals surface area contributed by atoms with Gasteiger partial charge in [0, 0.05) is 38.2 Å². The molecular weight excluding hydrogens is 613 g/mol. The fourth-order valence-electron chi connectivity index (χ4n) is 7.10. The average molecular weight is 641 g/mol. The zero-order chi connectivity index (χ0) is 33.0. The molecule has 0 saturated heterocycles. The van der Waals surface area contributed by atoms with Crippen LogP contribution in [0, 0.1) is 0 Å². The molecule has 0 spiro atoms. The van der Waals surface area contributed by atoms with Gasteiger partial charge in [-0.05, 0) is 53.6 Å². The number of benzene rings is 7. The lowest BCUT2D eigenvalue weighted by atomic mass is 10.0. The lowest BCUT2D eigenvalue weighted by Gasteiger charge is -2.16. The molecule has 0 fully saturated rings. The van der Waals surface area contributed by atoms with Crippen molar-refractivity contribution in [1.29, 1.82) is 0 Å². The van der Waals surface area contributed by atoms with E-state index in [2.05, 4.69) is 114 Å². The molecule has 10 rings (SSSR count). The van der Waals surface area contributed by atoms with E-state index in [0.29, 0.717) is 17.5 Å². The summed E-state index contributed by atoms with van der Waals surface area (Å²) >= 11 is 0. The van der Waals surface area contributed by atoms with Gasteiger partial charge in [0.15, 0.2) is 17.5 Å². The van der Waals surface area contributed by atoms with E-state index in [1.54, 1.807) is 0 Å². The Morgan fingerprint density at radius 2 is 0.900 bits per heavy atom. The lowest BCUT2D eigenvalue weighted by Crippen LogP contribution is -2.04. The van der Waals surface area contributed by atoms with Crippen molar-refractivity contribution in [3.05, 3.63) is 170 Å². The molecule has 0 aliphatic carbocycles. The Hall–Kier alpha value is -6.85. The SMILES string of the molecule is c1ccc(-c2ccc(-c3nc(-c4ccccc4)nc(-c4ccc5c(c4)oc4ccccc45)n3)c(-n3c4ccccc4c4ccccc43)c2)cc1. The van der Waals surface area contributed by atoms with Gasteiger partial charge in [-0.25, -0.2) is 15.0 Å². The molecule has 50 heavy (non-hydrogen) atoms. The monoisotopic (exact) mass is 640 g/mol. The van der Waals surface area contributed by atoms with E-state index in [-0.39, 0.29) is 0 Å². The van der Waals surface area contributed by atoms with Crippen LogP contribution in [0.15, 0.2) is 174 Å². The zero-order valence-corrected chi connectivity index (χ0v) is 26.9. The van der Waals surface area contributed by atoms with E-state index in [4.69, 9.17) is 19.4 Å². The maximum atomic E-state index is 6.27. The van der Waals surface area contributed by atoms with Crippen LogP contribution in [-0.4, -0.2) is 19.5 Å². The maximum Gasteiger partial charge on any atom is 0.166 e. The van der Waals surface area contributed by atoms with E-state index in [0.717, 1.165) is 66.5 Å². The number of para-hydroxylation sites is 3. The second-order valence-electron chi connectivity index (χ2n) is 12.4. The first kappa shape index (κ1) is 28.2. The van der Waals surface area contributed by atoms with E-state index in [9.17, 15) is 0 Å². The molecule has 3 aromatic heterocycles. The number of hydrogen-bond acceptors (Lipinski definition) is 4. The van der Waals surface area contributed by atoms with Crippen molar-refractivity contribution < 1.29 is 4.42 Å². The summed E-state index contributed by atoms with van der Waals surface area (Å²) in [6, 6.07) is 58.6. The summed E-state index contributed by atoms with van der Waals surface area (Å²) in [4.78, 5) is 15.4. The molecule has 0 N–H and O–H groups in total. The van der Waals surface area contributed by atoms with Gasteiger partial charge in [0.25, 0.3) is 0 Å². The largest absolute Gasteiger partial charge is 0.456 e. The van der Waals surface area contributed by atoms with Crippen LogP contribution in [0.2, 0.25) is 0 Å². The smallest absolute Gasteiger partial charge is 0.166 e. The van der Waals surface area contributed by atoms with E-state index in [1.165, 1.54) is 10.8 Å². The summed E-state index contributed by atoms with van der Waals surface area (Å²) in [7, 11) is 0. The molecule has 5 heteroatoms. The Kier molecular flexibility index (Phi) is 6.42. The zero-order valence-electron chi connectivity index (χ0n) is 26.9. The summed E-state index contributed by atoms with van der Waals surface area (Å²) in [5, 5.41) is 4.54. The van der Waals surface area contributed by atoms with Crippen molar-refractivity contribution in [3.8, 4) is 51.0 Å². The standard InChI is InChI=1S/C45H28N4O/c1-3-13-29(14-4-1)31-23-26-37(40(27-31)49-38-20-10-7-17-33(38)34-18-8-11-21-39(34)49)45-47-43(30-15-5-2-6-16-30)46-44(48-45)32-24-25-36-35-19-9-12-22-41(35)50-42(36)28-32/h1-28H. The molecule has 234 valence electrons. The Morgan fingerprint density at radius 1 is 0.360 bits per heavy atom. The Bertz CT molecular complexity index is 2820. The molecule has 7 aromatic carbocycles. The number of fused-ring (bicyclic) bond motifs is 6. The normalized spacial score (nSPS) is 11.6. The van der Waals surface area contributed by atoms with Crippen molar-refractivity contribution in [3.63, 3.8) is 0 Å². The summed E-state index contributed by atoms with van der Waals surface area (Å²) in [6.07, 6.45) is 0. The van der Waals surface area contributed by atoms with E-state index in [1.807, 2.05) is 60.7 Å². The maximum absolute atomic E-state index is 6.27. The van der Waals surface area contributed by atoms with Gasteiger partial charge in [0.2, 0.25) is 0 Å². The van der Waals surface area contributed by atoms with Crippen LogP contribution >= 0.6 is 0 Å². The molecule has 0 atom stereocenters. The van der Waals surface area contributed by atoms with Crippen molar-refractivity contribution in [1.82, 2.24) is 19.5 Å². The number of furan rings is 1. The third-order valence-corrected chi connectivity index (χ3v) is 9.47. The first-order valence-corrected chi connectivity index (χ1v) is 16.7. The average Bonchev–Trinajstić information content (AvgIpc) is 3.73. The fraction of sp³-hybridized carbons (Fsp3) is 0. The summed E-state index contributed by atoms with van der Waals surface area (Å²) < 4.78 is 8.62. The van der Waals surface area contributed by atoms with Crippen LogP contribution in [0.5, 0.6) is 0 Å². The first-order chi connectivity index (χ1) is 24.8. The highest BCUT2D eigenvalue weighted by atomic mass is 16.3. The quantitative estimate of drug-likeness (QED) is 0.188. The molecule has 0 amide bonds. The Morgan fingerprint density at radius 3 is 1.62 bits per heavy atom. The summed E-state index contributed by atoms with van der Waals surface area (Å²) in [5.41, 5.74) is 9.81. The molecule has 0 unspecified atom stereocenters. The summed E-state index contributed by atoms with van der Waals surface area (Å²) in [5.74, 6) is 1.78. The minimum Gasteiger partial charge on any atom is -0.456 e. The third kappa shape index (κ3) is 4.60. The lowest BCUT2D eigenvalue weighted by molar-refractivity contribution is 0.669. The Balaban J connectivity index is 1.25. The van der Waals surface area contributed by atoms with Gasteiger partial charge >= 0.3 is 0 Å². The Labute approximate surface area is 287 Å². The van der Waals surface area contributed by atoms with Gasteiger partial charge in [0.1, 0.15) is 11.2 Å². The van der Waals surface area contributed by atoms with Crippen LogP contribution in [0.3, 0.4) is 0 Å². The predicted octanol–water partition coefficient (Wildman–Crippen LogP) is 11.5. The highest BCUT2D eigenvalue weighted by Gasteiger charge is 2.20.